The van der Waals surface area contributed by atoms with E-state index in [0.717, 1.165) is 12.8 Å². The van der Waals surface area contributed by atoms with E-state index in [9.17, 15) is 19.2 Å². The highest BCUT2D eigenvalue weighted by Crippen LogP contribution is 2.30. The summed E-state index contributed by atoms with van der Waals surface area (Å²) in [6.07, 6.45) is -0.00465. The van der Waals surface area contributed by atoms with Crippen molar-refractivity contribution in [2.45, 2.75) is 98.3 Å². The zero-order valence-electron chi connectivity index (χ0n) is 23.9. The highest BCUT2D eigenvalue weighted by atomic mass is 16.7. The second-order valence-electron chi connectivity index (χ2n) is 9.63. The summed E-state index contributed by atoms with van der Waals surface area (Å²) in [6, 6.07) is 3.32. The third-order valence-electron chi connectivity index (χ3n) is 5.44. The van der Waals surface area contributed by atoms with Crippen molar-refractivity contribution in [3.05, 3.63) is 23.8 Å². The molecule has 39 heavy (non-hydrogen) atoms. The number of carbonyl (C=O) groups is 4. The van der Waals surface area contributed by atoms with Crippen LogP contribution in [0.3, 0.4) is 0 Å². The number of unbranched alkanes of at least 4 members (excludes halogenated alkanes) is 2. The minimum Gasteiger partial charge on any atom is -0.459 e. The molecule has 0 saturated carbocycles. The number of benzene rings is 1. The van der Waals surface area contributed by atoms with Gasteiger partial charge in [-0.2, -0.15) is 0 Å². The summed E-state index contributed by atoms with van der Waals surface area (Å²) in [5.41, 5.74) is 6.57. The van der Waals surface area contributed by atoms with Crippen LogP contribution in [0.1, 0.15) is 79.2 Å². The highest BCUT2D eigenvalue weighted by molar-refractivity contribution is 5.76. The second-order valence-corrected chi connectivity index (χ2v) is 9.63. The van der Waals surface area contributed by atoms with E-state index in [1.165, 1.54) is 12.1 Å². The Balaban J connectivity index is 2.88. The van der Waals surface area contributed by atoms with Gasteiger partial charge in [0.05, 0.1) is 13.2 Å². The van der Waals surface area contributed by atoms with Crippen LogP contribution in [0.4, 0.5) is 9.59 Å². The van der Waals surface area contributed by atoms with Crippen molar-refractivity contribution in [3.8, 4) is 11.5 Å². The van der Waals surface area contributed by atoms with Crippen molar-refractivity contribution in [1.82, 2.24) is 0 Å². The third kappa shape index (κ3) is 13.9. The maximum Gasteiger partial charge on any atom is 0.513 e. The van der Waals surface area contributed by atoms with Crippen LogP contribution in [-0.2, 0) is 35.0 Å². The zero-order valence-corrected chi connectivity index (χ0v) is 23.9. The third-order valence-corrected chi connectivity index (χ3v) is 5.44. The molecule has 0 saturated heterocycles. The van der Waals surface area contributed by atoms with Gasteiger partial charge in [0.1, 0.15) is 18.2 Å². The average molecular weight is 554 g/mol. The maximum absolute atomic E-state index is 12.6. The zero-order chi connectivity index (χ0) is 29.4. The Morgan fingerprint density at radius 1 is 0.795 bits per heavy atom. The lowest BCUT2D eigenvalue weighted by Crippen LogP contribution is -2.39. The molecule has 2 N–H and O–H groups in total. The van der Waals surface area contributed by atoms with Gasteiger partial charge in [-0.25, -0.2) is 9.59 Å². The van der Waals surface area contributed by atoms with Crippen molar-refractivity contribution in [2.75, 3.05) is 13.2 Å². The molecule has 0 aliphatic heterocycles. The van der Waals surface area contributed by atoms with Crippen LogP contribution in [0.15, 0.2) is 18.2 Å². The molecule has 0 heterocycles. The van der Waals surface area contributed by atoms with E-state index in [-0.39, 0.29) is 49.4 Å². The largest absolute Gasteiger partial charge is 0.513 e. The minimum absolute atomic E-state index is 0.0234. The predicted molar refractivity (Wildman–Crippen MR) is 142 cm³/mol. The Bertz CT molecular complexity index is 933. The van der Waals surface area contributed by atoms with Crippen molar-refractivity contribution in [2.24, 2.45) is 11.7 Å². The summed E-state index contributed by atoms with van der Waals surface area (Å²) in [7, 11) is 0. The standard InChI is InChI=1S/C28H43NO10/c1-7-9-13-34-27(32)38-23-12-11-21(17-24(23)39-28(33)35-14-10-8-2)16-22(29)26(31)37-20(6)19(5)36-25(30)15-18(3)4/h11-12,17-20,22H,7-10,13-16,29H2,1-6H3/t19-,20-,22-/m0/s1. The summed E-state index contributed by atoms with van der Waals surface area (Å²) >= 11 is 0. The Morgan fingerprint density at radius 2 is 1.33 bits per heavy atom. The van der Waals surface area contributed by atoms with E-state index in [1.807, 2.05) is 27.7 Å². The van der Waals surface area contributed by atoms with Gasteiger partial charge in [0, 0.05) is 6.42 Å². The molecular formula is C28H43NO10. The number of nitrogens with two attached hydrogens (primary N) is 1. The molecule has 0 spiro atoms. The average Bonchev–Trinajstić information content (AvgIpc) is 2.85. The molecule has 0 amide bonds. The van der Waals surface area contributed by atoms with Gasteiger partial charge in [-0.1, -0.05) is 46.6 Å². The summed E-state index contributed by atoms with van der Waals surface area (Å²) in [5, 5.41) is 0. The first kappa shape index (κ1) is 33.7. The molecule has 11 nitrogen and oxygen atoms in total. The molecule has 0 unspecified atom stereocenters. The quantitative estimate of drug-likeness (QED) is 0.126. The van der Waals surface area contributed by atoms with Crippen molar-refractivity contribution >= 4 is 24.2 Å². The molecule has 1 aromatic carbocycles. The van der Waals surface area contributed by atoms with Gasteiger partial charge in [-0.3, -0.25) is 9.59 Å². The lowest BCUT2D eigenvalue weighted by Gasteiger charge is -2.23. The molecule has 0 aliphatic carbocycles. The smallest absolute Gasteiger partial charge is 0.459 e. The monoisotopic (exact) mass is 553 g/mol. The summed E-state index contributed by atoms with van der Waals surface area (Å²) in [6.45, 7) is 11.3. The fraction of sp³-hybridized carbons (Fsp3) is 0.643. The Kier molecular flexibility index (Phi) is 15.6. The molecule has 3 atom stereocenters. The summed E-state index contributed by atoms with van der Waals surface area (Å²) in [4.78, 5) is 48.7. The van der Waals surface area contributed by atoms with Crippen LogP contribution in [0.5, 0.6) is 11.5 Å². The second kappa shape index (κ2) is 18.0. The lowest BCUT2D eigenvalue weighted by atomic mass is 10.1. The molecule has 0 radical (unpaired) electrons. The maximum atomic E-state index is 12.6. The molecule has 0 bridgehead atoms. The van der Waals surface area contributed by atoms with E-state index in [0.29, 0.717) is 18.4 Å². The number of hydrogen-bond donors (Lipinski definition) is 1. The number of hydrogen-bond acceptors (Lipinski definition) is 11. The van der Waals surface area contributed by atoms with Gasteiger partial charge >= 0.3 is 24.2 Å². The summed E-state index contributed by atoms with van der Waals surface area (Å²) < 4.78 is 31.2. The SMILES string of the molecule is CCCCOC(=O)Oc1ccc(C[C@H](N)C(=O)O[C@@H](C)[C@H](C)OC(=O)CC(C)C)cc1OC(=O)OCCCC. The number of ether oxygens (including phenoxy) is 6. The van der Waals surface area contributed by atoms with E-state index in [4.69, 9.17) is 34.2 Å². The van der Waals surface area contributed by atoms with Gasteiger partial charge in [-0.05, 0) is 56.7 Å². The predicted octanol–water partition coefficient (Wildman–Crippen LogP) is 5.10. The Labute approximate surface area is 230 Å². The number of carbonyl (C=O) groups excluding carboxylic acids is 4. The first-order valence-corrected chi connectivity index (χ1v) is 13.4. The molecule has 0 aliphatic rings. The molecule has 1 aromatic rings. The molecular weight excluding hydrogens is 510 g/mol. The first-order chi connectivity index (χ1) is 18.5. The van der Waals surface area contributed by atoms with Crippen LogP contribution in [-0.4, -0.2) is 55.7 Å². The van der Waals surface area contributed by atoms with Gasteiger partial charge < -0.3 is 34.2 Å². The summed E-state index contributed by atoms with van der Waals surface area (Å²) in [5.74, 6) is -1.08. The topological polar surface area (TPSA) is 150 Å². The normalized spacial score (nSPS) is 13.1. The number of rotatable bonds is 16. The number of esters is 2. The molecule has 0 fully saturated rings. The van der Waals surface area contributed by atoms with E-state index >= 15 is 0 Å². The van der Waals surface area contributed by atoms with Gasteiger partial charge in [-0.15, -0.1) is 0 Å². The molecule has 11 heteroatoms. The van der Waals surface area contributed by atoms with Crippen molar-refractivity contribution < 1.29 is 47.6 Å². The fourth-order valence-electron chi connectivity index (χ4n) is 3.07. The van der Waals surface area contributed by atoms with E-state index < -0.39 is 36.5 Å². The van der Waals surface area contributed by atoms with Crippen molar-refractivity contribution in [1.29, 1.82) is 0 Å². The van der Waals surface area contributed by atoms with E-state index in [1.54, 1.807) is 19.9 Å². The van der Waals surface area contributed by atoms with Crippen LogP contribution < -0.4 is 15.2 Å². The highest BCUT2D eigenvalue weighted by Gasteiger charge is 2.25. The Hall–Kier alpha value is -3.34. The minimum atomic E-state index is -1.07. The van der Waals surface area contributed by atoms with Gasteiger partial charge in [0.2, 0.25) is 0 Å². The molecule has 0 aromatic heterocycles. The van der Waals surface area contributed by atoms with Crippen molar-refractivity contribution in [3.63, 3.8) is 0 Å². The van der Waals surface area contributed by atoms with Crippen LogP contribution in [0, 0.1) is 5.92 Å². The van der Waals surface area contributed by atoms with Crippen LogP contribution >= 0.6 is 0 Å². The van der Waals surface area contributed by atoms with E-state index in [2.05, 4.69) is 0 Å². The van der Waals surface area contributed by atoms with Gasteiger partial charge in [0.25, 0.3) is 0 Å². The lowest BCUT2D eigenvalue weighted by molar-refractivity contribution is -0.166. The van der Waals surface area contributed by atoms with Crippen LogP contribution in [0.25, 0.3) is 0 Å². The van der Waals surface area contributed by atoms with Gasteiger partial charge in [0.15, 0.2) is 11.5 Å². The molecule has 1 rings (SSSR count). The Morgan fingerprint density at radius 3 is 1.87 bits per heavy atom. The molecule has 220 valence electrons. The fourth-order valence-corrected chi connectivity index (χ4v) is 3.07. The first-order valence-electron chi connectivity index (χ1n) is 13.4. The van der Waals surface area contributed by atoms with Crippen LogP contribution in [0.2, 0.25) is 0 Å².